The number of unbranched alkanes of at least 4 members (excludes halogenated alkanes) is 1. The molecule has 142 valence electrons. The molecule has 5 heteroatoms. The topological polar surface area (TPSA) is 46.9 Å². The van der Waals surface area contributed by atoms with E-state index >= 15 is 0 Å². The van der Waals surface area contributed by atoms with E-state index in [1.165, 1.54) is 23.0 Å². The molecule has 1 N–H and O–H groups in total. The van der Waals surface area contributed by atoms with Gasteiger partial charge in [-0.25, -0.2) is 4.98 Å². The smallest absolute Gasteiger partial charge is 0.237 e. The molecule has 2 aromatic rings. The minimum Gasteiger partial charge on any atom is -0.325 e. The Kier molecular flexibility index (Phi) is 6.93. The number of aryl methyl sites for hydroxylation is 4. The van der Waals surface area contributed by atoms with E-state index in [1.807, 2.05) is 27.7 Å². The Morgan fingerprint density at radius 2 is 1.81 bits per heavy atom. The summed E-state index contributed by atoms with van der Waals surface area (Å²) < 4.78 is 2.25. The maximum Gasteiger partial charge on any atom is 0.237 e. The highest BCUT2D eigenvalue weighted by molar-refractivity contribution is 8.00. The van der Waals surface area contributed by atoms with Crippen molar-refractivity contribution < 1.29 is 4.79 Å². The third-order valence-electron chi connectivity index (χ3n) is 4.73. The second-order valence-electron chi connectivity index (χ2n) is 7.09. The molecule has 0 saturated heterocycles. The number of aromatic nitrogens is 2. The number of anilines is 1. The number of amides is 1. The second-order valence-corrected chi connectivity index (χ2v) is 8.40. The van der Waals surface area contributed by atoms with Crippen LogP contribution in [0.1, 0.15) is 54.8 Å². The lowest BCUT2D eigenvalue weighted by Gasteiger charge is -2.17. The zero-order valence-electron chi connectivity index (χ0n) is 17.1. The third kappa shape index (κ3) is 4.70. The number of hydrogen-bond donors (Lipinski definition) is 1. The van der Waals surface area contributed by atoms with Crippen LogP contribution in [0.5, 0.6) is 0 Å². The van der Waals surface area contributed by atoms with Crippen molar-refractivity contribution in [1.82, 2.24) is 9.55 Å². The fourth-order valence-corrected chi connectivity index (χ4v) is 4.13. The van der Waals surface area contributed by atoms with Crippen molar-refractivity contribution in [2.45, 2.75) is 78.3 Å². The first-order chi connectivity index (χ1) is 12.2. The Labute approximate surface area is 161 Å². The van der Waals surface area contributed by atoms with Crippen LogP contribution in [0.15, 0.2) is 17.3 Å². The summed E-state index contributed by atoms with van der Waals surface area (Å²) in [6.07, 6.45) is 2.26. The monoisotopic (exact) mass is 373 g/mol. The number of carbonyl (C=O) groups excluding carboxylic acids is 1. The molecule has 0 radical (unpaired) electrons. The van der Waals surface area contributed by atoms with Crippen molar-refractivity contribution in [2.24, 2.45) is 0 Å². The highest BCUT2D eigenvalue weighted by Gasteiger charge is 2.20. The van der Waals surface area contributed by atoms with E-state index in [9.17, 15) is 4.79 Å². The van der Waals surface area contributed by atoms with Gasteiger partial charge in [0.15, 0.2) is 5.16 Å². The minimum atomic E-state index is -0.211. The van der Waals surface area contributed by atoms with E-state index in [0.29, 0.717) is 0 Å². The molecule has 2 rings (SSSR count). The average Bonchev–Trinajstić information content (AvgIpc) is 2.82. The van der Waals surface area contributed by atoms with Gasteiger partial charge in [0.05, 0.1) is 10.9 Å². The van der Waals surface area contributed by atoms with Gasteiger partial charge < -0.3 is 9.88 Å². The van der Waals surface area contributed by atoms with E-state index in [1.54, 1.807) is 0 Å². The van der Waals surface area contributed by atoms with Crippen LogP contribution in [-0.4, -0.2) is 20.7 Å². The lowest BCUT2D eigenvalue weighted by molar-refractivity contribution is -0.115. The molecule has 1 atom stereocenters. The molecule has 0 fully saturated rings. The fourth-order valence-electron chi connectivity index (χ4n) is 3.11. The van der Waals surface area contributed by atoms with E-state index in [0.717, 1.165) is 47.1 Å². The van der Waals surface area contributed by atoms with Crippen molar-refractivity contribution in [2.75, 3.05) is 5.32 Å². The van der Waals surface area contributed by atoms with Gasteiger partial charge >= 0.3 is 0 Å². The van der Waals surface area contributed by atoms with Crippen LogP contribution in [-0.2, 0) is 11.3 Å². The van der Waals surface area contributed by atoms with Gasteiger partial charge in [-0.15, -0.1) is 0 Å². The molecule has 1 amide bonds. The van der Waals surface area contributed by atoms with Crippen LogP contribution in [0, 0.1) is 34.6 Å². The average molecular weight is 374 g/mol. The SMILES string of the molecule is CCCCn1c(SC(C)C(=O)Nc2c(C)cc(C)cc2C)nc(C)c1C. The summed E-state index contributed by atoms with van der Waals surface area (Å²) in [5.74, 6) is 0.0189. The summed E-state index contributed by atoms with van der Waals surface area (Å²) in [5, 5.41) is 3.84. The maximum atomic E-state index is 12.8. The van der Waals surface area contributed by atoms with Gasteiger partial charge in [0.2, 0.25) is 5.91 Å². The Balaban J connectivity index is 2.14. The van der Waals surface area contributed by atoms with E-state index in [-0.39, 0.29) is 11.2 Å². The summed E-state index contributed by atoms with van der Waals surface area (Å²) in [6.45, 7) is 15.4. The predicted molar refractivity (Wildman–Crippen MR) is 111 cm³/mol. The van der Waals surface area contributed by atoms with Gasteiger partial charge in [0.1, 0.15) is 0 Å². The molecule has 1 aromatic carbocycles. The number of nitrogens with zero attached hydrogens (tertiary/aromatic N) is 2. The Morgan fingerprint density at radius 3 is 2.38 bits per heavy atom. The normalized spacial score (nSPS) is 12.3. The first-order valence-electron chi connectivity index (χ1n) is 9.33. The van der Waals surface area contributed by atoms with E-state index in [4.69, 9.17) is 0 Å². The first-order valence-corrected chi connectivity index (χ1v) is 10.2. The number of carbonyl (C=O) groups is 1. The van der Waals surface area contributed by atoms with Crippen LogP contribution >= 0.6 is 11.8 Å². The van der Waals surface area contributed by atoms with Crippen LogP contribution in [0.4, 0.5) is 5.69 Å². The molecule has 1 unspecified atom stereocenters. The zero-order chi connectivity index (χ0) is 19.4. The van der Waals surface area contributed by atoms with Crippen molar-refractivity contribution in [3.05, 3.63) is 40.2 Å². The zero-order valence-corrected chi connectivity index (χ0v) is 17.9. The van der Waals surface area contributed by atoms with Crippen LogP contribution in [0.25, 0.3) is 0 Å². The third-order valence-corrected chi connectivity index (χ3v) is 5.82. The van der Waals surface area contributed by atoms with Crippen LogP contribution in [0.3, 0.4) is 0 Å². The molecule has 0 spiro atoms. The molecular formula is C21H31N3OS. The van der Waals surface area contributed by atoms with Gasteiger partial charge in [-0.1, -0.05) is 42.8 Å². The molecule has 0 aliphatic rings. The predicted octanol–water partition coefficient (Wildman–Crippen LogP) is 5.34. The van der Waals surface area contributed by atoms with Gasteiger partial charge in [-0.3, -0.25) is 4.79 Å². The van der Waals surface area contributed by atoms with Gasteiger partial charge in [0.25, 0.3) is 0 Å². The maximum absolute atomic E-state index is 12.8. The highest BCUT2D eigenvalue weighted by atomic mass is 32.2. The molecule has 0 saturated carbocycles. The molecule has 1 heterocycles. The van der Waals surface area contributed by atoms with Crippen molar-refractivity contribution >= 4 is 23.4 Å². The summed E-state index contributed by atoms with van der Waals surface area (Å²) >= 11 is 1.54. The summed E-state index contributed by atoms with van der Waals surface area (Å²) in [4.78, 5) is 17.4. The Hall–Kier alpha value is -1.75. The number of hydrogen-bond acceptors (Lipinski definition) is 3. The second kappa shape index (κ2) is 8.76. The largest absolute Gasteiger partial charge is 0.325 e. The van der Waals surface area contributed by atoms with Gasteiger partial charge in [-0.2, -0.15) is 0 Å². The molecule has 0 aliphatic carbocycles. The summed E-state index contributed by atoms with van der Waals surface area (Å²) in [5.41, 5.74) is 6.58. The van der Waals surface area contributed by atoms with Crippen molar-refractivity contribution in [1.29, 1.82) is 0 Å². The molecular weight excluding hydrogens is 342 g/mol. The number of thioether (sulfide) groups is 1. The number of rotatable bonds is 7. The quantitative estimate of drug-likeness (QED) is 0.666. The van der Waals surface area contributed by atoms with E-state index < -0.39 is 0 Å². The number of nitrogens with one attached hydrogen (secondary N) is 1. The molecule has 0 bridgehead atoms. The summed E-state index contributed by atoms with van der Waals surface area (Å²) in [7, 11) is 0. The van der Waals surface area contributed by atoms with Gasteiger partial charge in [-0.05, 0) is 59.1 Å². The lowest BCUT2D eigenvalue weighted by Crippen LogP contribution is -2.24. The molecule has 26 heavy (non-hydrogen) atoms. The lowest BCUT2D eigenvalue weighted by atomic mass is 10.1. The van der Waals surface area contributed by atoms with Crippen LogP contribution < -0.4 is 5.32 Å². The summed E-state index contributed by atoms with van der Waals surface area (Å²) in [6, 6.07) is 4.20. The van der Waals surface area contributed by atoms with Gasteiger partial charge in [0, 0.05) is 17.9 Å². The molecule has 1 aromatic heterocycles. The standard InChI is InChI=1S/C21H31N3OS/c1-8-9-10-24-17(6)16(5)22-21(24)26-18(7)20(25)23-19-14(3)11-13(2)12-15(19)4/h11-12,18H,8-10H2,1-7H3,(H,23,25). The number of benzene rings is 1. The first kappa shape index (κ1) is 20.6. The van der Waals surface area contributed by atoms with Crippen molar-refractivity contribution in [3.8, 4) is 0 Å². The van der Waals surface area contributed by atoms with E-state index in [2.05, 4.69) is 47.8 Å². The molecule has 0 aliphatic heterocycles. The van der Waals surface area contributed by atoms with Crippen LogP contribution in [0.2, 0.25) is 0 Å². The molecule has 4 nitrogen and oxygen atoms in total. The highest BCUT2D eigenvalue weighted by Crippen LogP contribution is 2.28. The fraction of sp³-hybridized carbons (Fsp3) is 0.524. The minimum absolute atomic E-state index is 0.0189. The Morgan fingerprint density at radius 1 is 1.19 bits per heavy atom. The number of imidazole rings is 1. The van der Waals surface area contributed by atoms with Crippen molar-refractivity contribution in [3.63, 3.8) is 0 Å². The Bertz CT molecular complexity index is 772.